The van der Waals surface area contributed by atoms with E-state index in [-0.39, 0.29) is 6.04 Å². The van der Waals surface area contributed by atoms with Crippen LogP contribution in [0.25, 0.3) is 0 Å². The first kappa shape index (κ1) is 6.12. The highest BCUT2D eigenvalue weighted by Gasteiger charge is 1.96. The van der Waals surface area contributed by atoms with Crippen molar-refractivity contribution in [3.05, 3.63) is 35.3 Å². The molecule has 0 fully saturated rings. The van der Waals surface area contributed by atoms with E-state index in [4.69, 9.17) is 5.73 Å². The van der Waals surface area contributed by atoms with Gasteiger partial charge in [-0.15, -0.1) is 0 Å². The molecule has 0 unspecified atom stereocenters. The molecule has 0 spiro atoms. The number of nitrogens with two attached hydrogens (primary N) is 1. The molecule has 0 aromatic rings. The fourth-order valence-electron chi connectivity index (χ4n) is 0.632. The molecule has 0 saturated carbocycles. The minimum Gasteiger partial charge on any atom is -0.324 e. The predicted octanol–water partition coefficient (Wildman–Crippen LogP) is 1.14. The molecule has 0 aliphatic heterocycles. The average molecular weight is 119 g/mol. The molecular weight excluding hydrogens is 110 g/mol. The Morgan fingerprint density at radius 1 is 1.67 bits per heavy atom. The van der Waals surface area contributed by atoms with E-state index < -0.39 is 0 Å². The van der Waals surface area contributed by atoms with Crippen LogP contribution in [-0.4, -0.2) is 6.04 Å². The van der Waals surface area contributed by atoms with Crippen molar-refractivity contribution < 1.29 is 0 Å². The van der Waals surface area contributed by atoms with Gasteiger partial charge >= 0.3 is 0 Å². The quantitative estimate of drug-likeness (QED) is 0.515. The summed E-state index contributed by atoms with van der Waals surface area (Å²) in [6.45, 7) is 1.93. The Morgan fingerprint density at radius 2 is 2.44 bits per heavy atom. The number of allylic oxidation sites excluding steroid dienone is 2. The van der Waals surface area contributed by atoms with Crippen LogP contribution in [0.2, 0.25) is 0 Å². The highest BCUT2D eigenvalue weighted by molar-refractivity contribution is 5.28. The summed E-state index contributed by atoms with van der Waals surface area (Å²) in [5.74, 6) is 0. The predicted molar refractivity (Wildman–Crippen MR) is 37.9 cm³/mol. The molecule has 0 aromatic heterocycles. The zero-order chi connectivity index (χ0) is 6.69. The zero-order valence-electron chi connectivity index (χ0n) is 5.39. The first-order valence-electron chi connectivity index (χ1n) is 2.94. The van der Waals surface area contributed by atoms with E-state index in [0.717, 1.165) is 5.57 Å². The second-order valence-electron chi connectivity index (χ2n) is 2.04. The Labute approximate surface area is 54.9 Å². The monoisotopic (exact) mass is 119 g/mol. The van der Waals surface area contributed by atoms with E-state index in [0.29, 0.717) is 0 Å². The van der Waals surface area contributed by atoms with Gasteiger partial charge in [-0.25, -0.2) is 0 Å². The Morgan fingerprint density at radius 3 is 2.78 bits per heavy atom. The largest absolute Gasteiger partial charge is 0.324 e. The molecule has 1 aliphatic rings. The summed E-state index contributed by atoms with van der Waals surface area (Å²) in [4.78, 5) is 0. The van der Waals surface area contributed by atoms with Crippen molar-refractivity contribution in [2.75, 3.05) is 0 Å². The SMILES string of the molecule is C[C@H](N)C1=C=C=CC=C1. The zero-order valence-corrected chi connectivity index (χ0v) is 5.39. The van der Waals surface area contributed by atoms with Crippen molar-refractivity contribution in [2.45, 2.75) is 13.0 Å². The number of hydrogen-bond donors (Lipinski definition) is 1. The summed E-state index contributed by atoms with van der Waals surface area (Å²) in [6, 6.07) is 0.0717. The van der Waals surface area contributed by atoms with Crippen molar-refractivity contribution in [3.63, 3.8) is 0 Å². The fraction of sp³-hybridized carbons (Fsp3) is 0.250. The van der Waals surface area contributed by atoms with Crippen molar-refractivity contribution in [3.8, 4) is 0 Å². The van der Waals surface area contributed by atoms with Gasteiger partial charge in [-0.1, -0.05) is 17.5 Å². The highest BCUT2D eigenvalue weighted by Crippen LogP contribution is 2.01. The molecule has 46 valence electrons. The van der Waals surface area contributed by atoms with Crippen LogP contribution >= 0.6 is 0 Å². The topological polar surface area (TPSA) is 26.0 Å². The van der Waals surface area contributed by atoms with Gasteiger partial charge in [0.05, 0.1) is 0 Å². The van der Waals surface area contributed by atoms with E-state index in [1.165, 1.54) is 0 Å². The lowest BCUT2D eigenvalue weighted by Gasteiger charge is -2.01. The first-order chi connectivity index (χ1) is 4.30. The smallest absolute Gasteiger partial charge is 0.0346 e. The molecule has 0 bridgehead atoms. The van der Waals surface area contributed by atoms with Crippen LogP contribution in [0.15, 0.2) is 35.3 Å². The molecule has 0 aromatic carbocycles. The first-order valence-corrected chi connectivity index (χ1v) is 2.94. The lowest BCUT2D eigenvalue weighted by atomic mass is 10.1. The van der Waals surface area contributed by atoms with Crippen LogP contribution in [0, 0.1) is 0 Å². The van der Waals surface area contributed by atoms with Crippen LogP contribution in [0.3, 0.4) is 0 Å². The van der Waals surface area contributed by atoms with Gasteiger partial charge in [-0.3, -0.25) is 0 Å². The molecule has 0 radical (unpaired) electrons. The van der Waals surface area contributed by atoms with E-state index in [1.54, 1.807) is 0 Å². The van der Waals surface area contributed by atoms with Gasteiger partial charge in [-0.2, -0.15) is 0 Å². The Balaban J connectivity index is 2.94. The molecule has 1 nitrogen and oxygen atoms in total. The maximum absolute atomic E-state index is 5.56. The second-order valence-corrected chi connectivity index (χ2v) is 2.04. The van der Waals surface area contributed by atoms with Gasteiger partial charge in [0.1, 0.15) is 0 Å². The minimum atomic E-state index is 0.0717. The highest BCUT2D eigenvalue weighted by atomic mass is 14.6. The summed E-state index contributed by atoms with van der Waals surface area (Å²) >= 11 is 0. The Hall–Kier alpha value is -1.00. The van der Waals surface area contributed by atoms with Crippen LogP contribution in [0.5, 0.6) is 0 Å². The van der Waals surface area contributed by atoms with Gasteiger partial charge in [0.2, 0.25) is 0 Å². The molecule has 1 atom stereocenters. The summed E-state index contributed by atoms with van der Waals surface area (Å²) < 4.78 is 0. The number of hydrogen-bond acceptors (Lipinski definition) is 1. The number of rotatable bonds is 1. The average Bonchev–Trinajstić information content (AvgIpc) is 1.90. The van der Waals surface area contributed by atoms with E-state index in [2.05, 4.69) is 11.5 Å². The third kappa shape index (κ3) is 1.45. The molecule has 0 saturated heterocycles. The third-order valence-electron chi connectivity index (χ3n) is 1.16. The Kier molecular flexibility index (Phi) is 1.72. The van der Waals surface area contributed by atoms with E-state index >= 15 is 0 Å². The molecule has 2 N–H and O–H groups in total. The molecule has 1 rings (SSSR count). The van der Waals surface area contributed by atoms with Gasteiger partial charge in [0.25, 0.3) is 0 Å². The molecule has 0 amide bonds. The van der Waals surface area contributed by atoms with E-state index in [9.17, 15) is 0 Å². The standard InChI is InChI=1S/C8H9N/c1-7(9)8-5-3-2-4-6-8/h2-3,5,7H,9H2,1H3/t7-/m0/s1. The van der Waals surface area contributed by atoms with Gasteiger partial charge in [0.15, 0.2) is 0 Å². The Bertz CT molecular complexity index is 221. The van der Waals surface area contributed by atoms with Crippen molar-refractivity contribution in [1.29, 1.82) is 0 Å². The lowest BCUT2D eigenvalue weighted by Crippen LogP contribution is -2.16. The van der Waals surface area contributed by atoms with Crippen molar-refractivity contribution in [2.24, 2.45) is 5.73 Å². The van der Waals surface area contributed by atoms with Gasteiger partial charge in [0, 0.05) is 11.6 Å². The fourth-order valence-corrected chi connectivity index (χ4v) is 0.632. The van der Waals surface area contributed by atoms with Crippen LogP contribution in [-0.2, 0) is 0 Å². The van der Waals surface area contributed by atoms with Gasteiger partial charge in [-0.05, 0) is 19.1 Å². The van der Waals surface area contributed by atoms with E-state index in [1.807, 2.05) is 25.2 Å². The normalized spacial score (nSPS) is 17.8. The molecule has 1 heteroatoms. The molecule has 9 heavy (non-hydrogen) atoms. The summed E-state index contributed by atoms with van der Waals surface area (Å²) in [5.41, 5.74) is 12.3. The van der Waals surface area contributed by atoms with Crippen molar-refractivity contribution in [1.82, 2.24) is 0 Å². The maximum atomic E-state index is 5.56. The lowest BCUT2D eigenvalue weighted by molar-refractivity contribution is 0.887. The van der Waals surface area contributed by atoms with Crippen molar-refractivity contribution >= 4 is 0 Å². The maximum Gasteiger partial charge on any atom is 0.0346 e. The summed E-state index contributed by atoms with van der Waals surface area (Å²) in [5, 5.41) is 0. The second kappa shape index (κ2) is 2.52. The van der Waals surface area contributed by atoms with Crippen LogP contribution in [0.4, 0.5) is 0 Å². The van der Waals surface area contributed by atoms with Crippen LogP contribution in [0.1, 0.15) is 6.92 Å². The van der Waals surface area contributed by atoms with Gasteiger partial charge < -0.3 is 5.73 Å². The molecule has 1 aliphatic carbocycles. The molecular formula is C8H9N. The summed E-state index contributed by atoms with van der Waals surface area (Å²) in [7, 11) is 0. The molecule has 0 heterocycles. The third-order valence-corrected chi connectivity index (χ3v) is 1.16. The van der Waals surface area contributed by atoms with Crippen LogP contribution < -0.4 is 5.73 Å². The minimum absolute atomic E-state index is 0.0717. The summed E-state index contributed by atoms with van der Waals surface area (Å²) in [6.07, 6.45) is 5.67.